The van der Waals surface area contributed by atoms with Crippen LogP contribution in [0.15, 0.2) is 18.2 Å². The second-order valence-corrected chi connectivity index (χ2v) is 6.49. The maximum atomic E-state index is 11.8. The maximum absolute atomic E-state index is 11.8. The van der Waals surface area contributed by atoms with E-state index in [0.29, 0.717) is 24.5 Å². The molecule has 3 rings (SSSR count). The standard InChI is InChI=1S/C16H19N3O2S/c1-10-15(12-4-5-13-11(9-12)6-8-21-13)19-16(22-10)18-14(20)3-2-7-17/h4-5,9H,2-3,6-8,17H2,1H3,(H,18,19,20). The van der Waals surface area contributed by atoms with Crippen LogP contribution in [-0.2, 0) is 11.2 Å². The van der Waals surface area contributed by atoms with Gasteiger partial charge in [0, 0.05) is 23.3 Å². The third-order valence-corrected chi connectivity index (χ3v) is 4.50. The number of benzene rings is 1. The Morgan fingerprint density at radius 3 is 3.18 bits per heavy atom. The number of nitrogens with two attached hydrogens (primary N) is 1. The number of fused-ring (bicyclic) bond motifs is 1. The summed E-state index contributed by atoms with van der Waals surface area (Å²) in [7, 11) is 0. The molecule has 1 aliphatic heterocycles. The lowest BCUT2D eigenvalue weighted by Gasteiger charge is -2.03. The van der Waals surface area contributed by atoms with E-state index in [0.717, 1.165) is 34.9 Å². The van der Waals surface area contributed by atoms with Gasteiger partial charge in [-0.05, 0) is 43.7 Å². The molecule has 5 nitrogen and oxygen atoms in total. The van der Waals surface area contributed by atoms with Crippen molar-refractivity contribution in [1.82, 2.24) is 4.98 Å². The molecule has 0 spiro atoms. The molecule has 2 heterocycles. The van der Waals surface area contributed by atoms with Gasteiger partial charge in [0.2, 0.25) is 5.91 Å². The molecule has 1 aromatic heterocycles. The molecule has 1 aromatic carbocycles. The van der Waals surface area contributed by atoms with Crippen LogP contribution in [-0.4, -0.2) is 24.0 Å². The van der Waals surface area contributed by atoms with Gasteiger partial charge in [-0.1, -0.05) is 0 Å². The van der Waals surface area contributed by atoms with Crippen molar-refractivity contribution in [1.29, 1.82) is 0 Å². The van der Waals surface area contributed by atoms with Gasteiger partial charge < -0.3 is 15.8 Å². The summed E-state index contributed by atoms with van der Waals surface area (Å²) >= 11 is 1.50. The topological polar surface area (TPSA) is 77.2 Å². The lowest BCUT2D eigenvalue weighted by Crippen LogP contribution is -2.13. The highest BCUT2D eigenvalue weighted by Gasteiger charge is 2.16. The first-order chi connectivity index (χ1) is 10.7. The Labute approximate surface area is 133 Å². The fraction of sp³-hybridized carbons (Fsp3) is 0.375. The van der Waals surface area contributed by atoms with Gasteiger partial charge in [0.15, 0.2) is 5.13 Å². The third-order valence-electron chi connectivity index (χ3n) is 3.61. The number of thiazole rings is 1. The molecule has 6 heteroatoms. The van der Waals surface area contributed by atoms with Crippen LogP contribution in [0.5, 0.6) is 5.75 Å². The number of ether oxygens (including phenoxy) is 1. The molecule has 2 aromatic rings. The molecule has 0 atom stereocenters. The summed E-state index contributed by atoms with van der Waals surface area (Å²) in [6.45, 7) is 3.29. The predicted molar refractivity (Wildman–Crippen MR) is 88.4 cm³/mol. The summed E-state index contributed by atoms with van der Waals surface area (Å²) in [5.74, 6) is 0.931. The molecular formula is C16H19N3O2S. The summed E-state index contributed by atoms with van der Waals surface area (Å²) in [6, 6.07) is 6.15. The van der Waals surface area contributed by atoms with Gasteiger partial charge in [-0.3, -0.25) is 4.79 Å². The summed E-state index contributed by atoms with van der Waals surface area (Å²) < 4.78 is 5.53. The van der Waals surface area contributed by atoms with E-state index in [1.54, 1.807) is 0 Å². The lowest BCUT2D eigenvalue weighted by molar-refractivity contribution is -0.116. The van der Waals surface area contributed by atoms with Crippen molar-refractivity contribution in [2.75, 3.05) is 18.5 Å². The number of hydrogen-bond acceptors (Lipinski definition) is 5. The number of amides is 1. The molecule has 1 aliphatic rings. The first-order valence-electron chi connectivity index (χ1n) is 7.41. The Balaban J connectivity index is 1.79. The SMILES string of the molecule is Cc1sc(NC(=O)CCCN)nc1-c1ccc2c(c1)CCO2. The number of aryl methyl sites for hydroxylation is 1. The van der Waals surface area contributed by atoms with Crippen LogP contribution in [0.2, 0.25) is 0 Å². The molecule has 22 heavy (non-hydrogen) atoms. The molecule has 0 aliphatic carbocycles. The first kappa shape index (κ1) is 15.0. The maximum Gasteiger partial charge on any atom is 0.226 e. The van der Waals surface area contributed by atoms with Crippen molar-refractivity contribution in [2.24, 2.45) is 5.73 Å². The summed E-state index contributed by atoms with van der Waals surface area (Å²) in [6.07, 6.45) is 2.06. The van der Waals surface area contributed by atoms with Gasteiger partial charge in [-0.15, -0.1) is 11.3 Å². The van der Waals surface area contributed by atoms with E-state index in [9.17, 15) is 4.79 Å². The van der Waals surface area contributed by atoms with Gasteiger partial charge >= 0.3 is 0 Å². The molecule has 1 amide bonds. The molecule has 0 unspecified atom stereocenters. The minimum Gasteiger partial charge on any atom is -0.493 e. The normalized spacial score (nSPS) is 12.8. The van der Waals surface area contributed by atoms with E-state index in [-0.39, 0.29) is 5.91 Å². The van der Waals surface area contributed by atoms with Crippen molar-refractivity contribution >= 4 is 22.4 Å². The van der Waals surface area contributed by atoms with E-state index in [1.165, 1.54) is 16.9 Å². The summed E-state index contributed by atoms with van der Waals surface area (Å²) in [5.41, 5.74) is 8.63. The average Bonchev–Trinajstić information content (AvgIpc) is 3.10. The number of aromatic nitrogens is 1. The van der Waals surface area contributed by atoms with Crippen LogP contribution in [0.4, 0.5) is 5.13 Å². The highest BCUT2D eigenvalue weighted by molar-refractivity contribution is 7.16. The molecule has 0 fully saturated rings. The third kappa shape index (κ3) is 3.13. The second-order valence-electron chi connectivity index (χ2n) is 5.29. The zero-order chi connectivity index (χ0) is 15.5. The summed E-state index contributed by atoms with van der Waals surface area (Å²) in [4.78, 5) is 17.4. The van der Waals surface area contributed by atoms with Crippen LogP contribution < -0.4 is 15.8 Å². The van der Waals surface area contributed by atoms with Crippen molar-refractivity contribution in [3.05, 3.63) is 28.6 Å². The van der Waals surface area contributed by atoms with E-state index >= 15 is 0 Å². The van der Waals surface area contributed by atoms with Gasteiger partial charge in [0.1, 0.15) is 5.75 Å². The number of carbonyl (C=O) groups excluding carboxylic acids is 1. The van der Waals surface area contributed by atoms with Crippen molar-refractivity contribution < 1.29 is 9.53 Å². The van der Waals surface area contributed by atoms with Gasteiger partial charge in [0.05, 0.1) is 12.3 Å². The van der Waals surface area contributed by atoms with Crippen molar-refractivity contribution in [3.63, 3.8) is 0 Å². The fourth-order valence-corrected chi connectivity index (χ4v) is 3.35. The minimum absolute atomic E-state index is 0.0342. The van der Waals surface area contributed by atoms with E-state index < -0.39 is 0 Å². The summed E-state index contributed by atoms with van der Waals surface area (Å²) in [5, 5.41) is 3.49. The monoisotopic (exact) mass is 317 g/mol. The van der Waals surface area contributed by atoms with E-state index in [4.69, 9.17) is 10.5 Å². The van der Waals surface area contributed by atoms with Gasteiger partial charge in [-0.2, -0.15) is 0 Å². The number of nitrogens with one attached hydrogen (secondary N) is 1. The molecule has 3 N–H and O–H groups in total. The molecule has 0 radical (unpaired) electrons. The Morgan fingerprint density at radius 2 is 2.36 bits per heavy atom. The fourth-order valence-electron chi connectivity index (χ4n) is 2.50. The molecule has 0 bridgehead atoms. The Morgan fingerprint density at radius 1 is 1.50 bits per heavy atom. The van der Waals surface area contributed by atoms with Crippen LogP contribution >= 0.6 is 11.3 Å². The zero-order valence-corrected chi connectivity index (χ0v) is 13.3. The second kappa shape index (κ2) is 6.46. The average molecular weight is 317 g/mol. The van der Waals surface area contributed by atoms with Crippen LogP contribution in [0, 0.1) is 6.92 Å². The van der Waals surface area contributed by atoms with Crippen LogP contribution in [0.3, 0.4) is 0 Å². The first-order valence-corrected chi connectivity index (χ1v) is 8.22. The van der Waals surface area contributed by atoms with Crippen molar-refractivity contribution in [2.45, 2.75) is 26.2 Å². The van der Waals surface area contributed by atoms with Gasteiger partial charge in [-0.25, -0.2) is 4.98 Å². The molecular weight excluding hydrogens is 298 g/mol. The van der Waals surface area contributed by atoms with Gasteiger partial charge in [0.25, 0.3) is 0 Å². The number of carbonyl (C=O) groups is 1. The number of nitrogens with zero attached hydrogens (tertiary/aromatic N) is 1. The van der Waals surface area contributed by atoms with Crippen LogP contribution in [0.25, 0.3) is 11.3 Å². The quantitative estimate of drug-likeness (QED) is 0.889. The smallest absolute Gasteiger partial charge is 0.226 e. The number of hydrogen-bond donors (Lipinski definition) is 2. The largest absolute Gasteiger partial charge is 0.493 e. The molecule has 0 saturated carbocycles. The minimum atomic E-state index is -0.0342. The zero-order valence-electron chi connectivity index (χ0n) is 12.5. The Hall–Kier alpha value is -1.92. The highest BCUT2D eigenvalue weighted by atomic mass is 32.1. The highest BCUT2D eigenvalue weighted by Crippen LogP contribution is 2.34. The van der Waals surface area contributed by atoms with Crippen LogP contribution in [0.1, 0.15) is 23.3 Å². The Kier molecular flexibility index (Phi) is 4.40. The molecule has 0 saturated heterocycles. The van der Waals surface area contributed by atoms with E-state index in [2.05, 4.69) is 16.4 Å². The number of anilines is 1. The number of rotatable bonds is 5. The van der Waals surface area contributed by atoms with Crippen molar-refractivity contribution in [3.8, 4) is 17.0 Å². The predicted octanol–water partition coefficient (Wildman–Crippen LogP) is 2.73. The van der Waals surface area contributed by atoms with E-state index in [1.807, 2.05) is 19.1 Å². The Bertz CT molecular complexity index is 697. The lowest BCUT2D eigenvalue weighted by atomic mass is 10.1. The molecule has 116 valence electrons.